The Labute approximate surface area is 114 Å². The van der Waals surface area contributed by atoms with E-state index < -0.39 is 10.0 Å². The molecule has 0 aliphatic carbocycles. The van der Waals surface area contributed by atoms with Gasteiger partial charge in [0.15, 0.2) is 0 Å². The van der Waals surface area contributed by atoms with Gasteiger partial charge in [0.2, 0.25) is 10.0 Å². The molecule has 19 heavy (non-hydrogen) atoms. The van der Waals surface area contributed by atoms with E-state index in [1.54, 1.807) is 7.11 Å². The maximum atomic E-state index is 12.0. The van der Waals surface area contributed by atoms with Gasteiger partial charge < -0.3 is 10.1 Å². The molecule has 0 radical (unpaired) electrons. The molecule has 1 heterocycles. The van der Waals surface area contributed by atoms with Crippen LogP contribution in [0.4, 0.5) is 0 Å². The molecule has 1 aliphatic rings. The molecule has 0 spiro atoms. The Morgan fingerprint density at radius 1 is 1.42 bits per heavy atom. The minimum absolute atomic E-state index is 0.301. The zero-order chi connectivity index (χ0) is 13.7. The van der Waals surface area contributed by atoms with Crippen molar-refractivity contribution in [2.45, 2.75) is 18.1 Å². The highest BCUT2D eigenvalue weighted by Crippen LogP contribution is 2.17. The summed E-state index contributed by atoms with van der Waals surface area (Å²) in [5.41, 5.74) is 1.01. The van der Waals surface area contributed by atoms with Crippen molar-refractivity contribution in [3.05, 3.63) is 29.8 Å². The number of para-hydroxylation sites is 1. The Kier molecular flexibility index (Phi) is 4.79. The van der Waals surface area contributed by atoms with Gasteiger partial charge in [0, 0.05) is 13.1 Å². The number of hydrogen-bond acceptors (Lipinski definition) is 4. The third kappa shape index (κ3) is 3.68. The van der Waals surface area contributed by atoms with Gasteiger partial charge in [-0.25, -0.2) is 13.1 Å². The van der Waals surface area contributed by atoms with Crippen molar-refractivity contribution >= 4 is 10.0 Å². The summed E-state index contributed by atoms with van der Waals surface area (Å²) < 4.78 is 31.9. The van der Waals surface area contributed by atoms with Gasteiger partial charge in [0.25, 0.3) is 0 Å². The smallest absolute Gasteiger partial charge is 0.215 e. The van der Waals surface area contributed by atoms with Crippen molar-refractivity contribution < 1.29 is 13.2 Å². The molecule has 0 saturated carbocycles. The molecular weight excluding hydrogens is 264 g/mol. The summed E-state index contributed by atoms with van der Waals surface area (Å²) in [6, 6.07) is 7.65. The van der Waals surface area contributed by atoms with Crippen LogP contribution in [0.25, 0.3) is 0 Å². The van der Waals surface area contributed by atoms with E-state index in [1.165, 1.54) is 0 Å². The Hall–Kier alpha value is -1.11. The van der Waals surface area contributed by atoms with Crippen molar-refractivity contribution in [2.75, 3.05) is 26.7 Å². The van der Waals surface area contributed by atoms with Crippen molar-refractivity contribution in [3.8, 4) is 5.75 Å². The fraction of sp³-hybridized carbons (Fsp3) is 0.538. The summed E-state index contributed by atoms with van der Waals surface area (Å²) in [6.45, 7) is 1.72. The second-order valence-corrected chi connectivity index (χ2v) is 6.66. The summed E-state index contributed by atoms with van der Waals surface area (Å²) in [5.74, 6) is 0.796. The zero-order valence-electron chi connectivity index (χ0n) is 11.1. The predicted octanol–water partition coefficient (Wildman–Crippen LogP) is 0.519. The minimum Gasteiger partial charge on any atom is -0.496 e. The highest BCUT2D eigenvalue weighted by atomic mass is 32.2. The summed E-state index contributed by atoms with van der Waals surface area (Å²) in [4.78, 5) is 0. The van der Waals surface area contributed by atoms with Gasteiger partial charge in [-0.15, -0.1) is 0 Å². The number of ether oxygens (including phenoxy) is 1. The van der Waals surface area contributed by atoms with Gasteiger partial charge in [-0.05, 0) is 31.0 Å². The Bertz CT molecular complexity index is 510. The van der Waals surface area contributed by atoms with Gasteiger partial charge in [0.1, 0.15) is 5.75 Å². The minimum atomic E-state index is -3.20. The second kappa shape index (κ2) is 6.36. The molecule has 1 saturated heterocycles. The third-order valence-corrected chi connectivity index (χ3v) is 5.23. The van der Waals surface area contributed by atoms with E-state index >= 15 is 0 Å². The number of methoxy groups -OCH3 is 1. The molecule has 1 aromatic carbocycles. The molecule has 1 fully saturated rings. The lowest BCUT2D eigenvalue weighted by Crippen LogP contribution is -2.36. The second-order valence-electron chi connectivity index (χ2n) is 4.62. The number of rotatable bonds is 6. The van der Waals surface area contributed by atoms with Crippen LogP contribution in [0, 0.1) is 0 Å². The Morgan fingerprint density at radius 2 is 2.21 bits per heavy atom. The molecule has 1 aliphatic heterocycles. The van der Waals surface area contributed by atoms with Crippen molar-refractivity contribution in [1.29, 1.82) is 0 Å². The largest absolute Gasteiger partial charge is 0.496 e. The van der Waals surface area contributed by atoms with Crippen LogP contribution in [0.3, 0.4) is 0 Å². The van der Waals surface area contributed by atoms with Crippen LogP contribution >= 0.6 is 0 Å². The first kappa shape index (κ1) is 14.3. The zero-order valence-corrected chi connectivity index (χ0v) is 11.9. The van der Waals surface area contributed by atoms with Crippen LogP contribution < -0.4 is 14.8 Å². The Morgan fingerprint density at radius 3 is 2.89 bits per heavy atom. The monoisotopic (exact) mass is 284 g/mol. The summed E-state index contributed by atoms with van der Waals surface area (Å²) in [5, 5.41) is 2.76. The summed E-state index contributed by atoms with van der Waals surface area (Å²) >= 11 is 0. The maximum Gasteiger partial charge on any atom is 0.215 e. The fourth-order valence-electron chi connectivity index (χ4n) is 2.25. The molecule has 106 valence electrons. The molecule has 0 bridgehead atoms. The van der Waals surface area contributed by atoms with Crippen LogP contribution in [0.1, 0.15) is 12.0 Å². The summed E-state index contributed by atoms with van der Waals surface area (Å²) in [7, 11) is -1.58. The van der Waals surface area contributed by atoms with E-state index in [-0.39, 0.29) is 5.25 Å². The van der Waals surface area contributed by atoms with Crippen molar-refractivity contribution in [3.63, 3.8) is 0 Å². The fourth-order valence-corrected chi connectivity index (χ4v) is 3.64. The predicted molar refractivity (Wildman–Crippen MR) is 74.9 cm³/mol. The summed E-state index contributed by atoms with van der Waals surface area (Å²) in [6.07, 6.45) is 1.31. The van der Waals surface area contributed by atoms with Crippen LogP contribution in [-0.4, -0.2) is 40.4 Å². The molecule has 1 aromatic rings. The Balaban J connectivity index is 1.89. The quantitative estimate of drug-likeness (QED) is 0.799. The van der Waals surface area contributed by atoms with Crippen LogP contribution in [0.15, 0.2) is 24.3 Å². The van der Waals surface area contributed by atoms with E-state index in [9.17, 15) is 8.42 Å². The van der Waals surface area contributed by atoms with E-state index in [0.29, 0.717) is 25.9 Å². The van der Waals surface area contributed by atoms with Gasteiger partial charge in [-0.1, -0.05) is 18.2 Å². The molecular formula is C13H20N2O3S. The van der Waals surface area contributed by atoms with Gasteiger partial charge in [0.05, 0.1) is 12.4 Å². The standard InChI is InChI=1S/C13H20N2O3S/c1-18-13-5-3-2-4-11(13)6-9-15-19(16,17)12-7-8-14-10-12/h2-5,12,14-15H,6-10H2,1H3. The van der Waals surface area contributed by atoms with Crippen molar-refractivity contribution in [2.24, 2.45) is 0 Å². The van der Waals surface area contributed by atoms with Crippen LogP contribution in [0.5, 0.6) is 5.75 Å². The molecule has 1 atom stereocenters. The highest BCUT2D eigenvalue weighted by molar-refractivity contribution is 7.90. The molecule has 6 heteroatoms. The maximum absolute atomic E-state index is 12.0. The molecule has 0 aromatic heterocycles. The first-order chi connectivity index (χ1) is 9.13. The first-order valence-electron chi connectivity index (χ1n) is 6.44. The number of benzene rings is 1. The molecule has 1 unspecified atom stereocenters. The topological polar surface area (TPSA) is 67.4 Å². The van der Waals surface area contributed by atoms with Gasteiger partial charge in [-0.2, -0.15) is 0 Å². The highest BCUT2D eigenvalue weighted by Gasteiger charge is 2.27. The molecule has 2 N–H and O–H groups in total. The average Bonchev–Trinajstić information content (AvgIpc) is 2.94. The van der Waals surface area contributed by atoms with Gasteiger partial charge in [-0.3, -0.25) is 0 Å². The number of nitrogens with one attached hydrogen (secondary N) is 2. The van der Waals surface area contributed by atoms with Crippen LogP contribution in [0.2, 0.25) is 0 Å². The number of hydrogen-bond donors (Lipinski definition) is 2. The van der Waals surface area contributed by atoms with E-state index in [1.807, 2.05) is 24.3 Å². The molecule has 5 nitrogen and oxygen atoms in total. The van der Waals surface area contributed by atoms with Gasteiger partial charge >= 0.3 is 0 Å². The van der Waals surface area contributed by atoms with E-state index in [4.69, 9.17) is 4.74 Å². The first-order valence-corrected chi connectivity index (χ1v) is 7.99. The van der Waals surface area contributed by atoms with E-state index in [0.717, 1.165) is 17.9 Å². The lowest BCUT2D eigenvalue weighted by molar-refractivity contribution is 0.409. The number of sulfonamides is 1. The normalized spacial score (nSPS) is 19.5. The van der Waals surface area contributed by atoms with Crippen LogP contribution in [-0.2, 0) is 16.4 Å². The third-order valence-electron chi connectivity index (χ3n) is 3.34. The molecule has 2 rings (SSSR count). The lowest BCUT2D eigenvalue weighted by atomic mass is 10.1. The lowest BCUT2D eigenvalue weighted by Gasteiger charge is -2.12. The van der Waals surface area contributed by atoms with E-state index in [2.05, 4.69) is 10.0 Å². The molecule has 0 amide bonds. The average molecular weight is 284 g/mol. The van der Waals surface area contributed by atoms with Crippen molar-refractivity contribution in [1.82, 2.24) is 10.0 Å². The SMILES string of the molecule is COc1ccccc1CCNS(=O)(=O)C1CCNC1.